The third kappa shape index (κ3) is 6.17. The number of ether oxygens (including phenoxy) is 1. The number of aromatic nitrogens is 1. The summed E-state index contributed by atoms with van der Waals surface area (Å²) in [7, 11) is 0. The number of thiazole rings is 1. The van der Waals surface area contributed by atoms with Crippen molar-refractivity contribution in [3.8, 4) is 5.75 Å². The topological polar surface area (TPSA) is 77.2 Å². The van der Waals surface area contributed by atoms with Gasteiger partial charge in [0.05, 0.1) is 5.01 Å². The maximum atomic E-state index is 12.2. The zero-order valence-electron chi connectivity index (χ0n) is 13.2. The summed E-state index contributed by atoms with van der Waals surface area (Å²) >= 11 is 1.52. The second-order valence-electron chi connectivity index (χ2n) is 5.34. The van der Waals surface area contributed by atoms with Gasteiger partial charge in [-0.3, -0.25) is 4.79 Å². The van der Waals surface area contributed by atoms with E-state index in [2.05, 4.69) is 24.1 Å². The van der Waals surface area contributed by atoms with Crippen LogP contribution in [0.1, 0.15) is 29.3 Å². The fraction of sp³-hybridized carbons (Fsp3) is 0.375. The molecule has 1 aromatic heterocycles. The Hall–Kier alpha value is -1.63. The molecule has 126 valence electrons. The molecule has 0 atom stereocenters. The van der Waals surface area contributed by atoms with E-state index in [1.165, 1.54) is 11.3 Å². The number of anilines is 1. The van der Waals surface area contributed by atoms with Crippen LogP contribution in [0.15, 0.2) is 29.6 Å². The molecule has 23 heavy (non-hydrogen) atoms. The average molecular weight is 356 g/mol. The summed E-state index contributed by atoms with van der Waals surface area (Å²) in [5.74, 6) is 1.07. The van der Waals surface area contributed by atoms with Crippen LogP contribution < -0.4 is 15.8 Å². The van der Waals surface area contributed by atoms with E-state index in [0.717, 1.165) is 17.2 Å². The van der Waals surface area contributed by atoms with Gasteiger partial charge in [-0.05, 0) is 30.2 Å². The van der Waals surface area contributed by atoms with Gasteiger partial charge in [-0.1, -0.05) is 13.8 Å². The number of hydrogen-bond donors (Lipinski definition) is 2. The highest BCUT2D eigenvalue weighted by Crippen LogP contribution is 2.18. The molecule has 0 bridgehead atoms. The van der Waals surface area contributed by atoms with E-state index in [0.29, 0.717) is 30.5 Å². The molecule has 5 nitrogen and oxygen atoms in total. The Labute approximate surface area is 146 Å². The van der Waals surface area contributed by atoms with Gasteiger partial charge in [0.2, 0.25) is 0 Å². The third-order valence-corrected chi connectivity index (χ3v) is 3.74. The standard InChI is InChI=1S/C16H21N3O2S.ClH/c1-11(2)9-15-19-14(10-22-15)16(20)18-12-3-5-13(6-4-12)21-8-7-17;/h3-6,10-11H,7-9,17H2,1-2H3,(H,18,20);1H. The largest absolute Gasteiger partial charge is 0.492 e. The predicted molar refractivity (Wildman–Crippen MR) is 96.8 cm³/mol. The van der Waals surface area contributed by atoms with Gasteiger partial charge in [-0.15, -0.1) is 23.7 Å². The molecule has 0 saturated heterocycles. The Morgan fingerprint density at radius 1 is 1.35 bits per heavy atom. The van der Waals surface area contributed by atoms with Crippen molar-refractivity contribution >= 4 is 35.3 Å². The van der Waals surface area contributed by atoms with Crippen LogP contribution in [0, 0.1) is 5.92 Å². The molecule has 7 heteroatoms. The van der Waals surface area contributed by atoms with Gasteiger partial charge in [0.25, 0.3) is 5.91 Å². The number of halogens is 1. The Kier molecular flexibility index (Phi) is 8.02. The molecule has 0 spiro atoms. The quantitative estimate of drug-likeness (QED) is 0.798. The van der Waals surface area contributed by atoms with E-state index in [4.69, 9.17) is 10.5 Å². The summed E-state index contributed by atoms with van der Waals surface area (Å²) in [5, 5.41) is 5.62. The smallest absolute Gasteiger partial charge is 0.275 e. The number of benzene rings is 1. The van der Waals surface area contributed by atoms with E-state index in [1.54, 1.807) is 29.6 Å². The summed E-state index contributed by atoms with van der Waals surface area (Å²) < 4.78 is 5.39. The zero-order valence-corrected chi connectivity index (χ0v) is 14.9. The Morgan fingerprint density at radius 3 is 2.65 bits per heavy atom. The maximum absolute atomic E-state index is 12.2. The lowest BCUT2D eigenvalue weighted by Crippen LogP contribution is -2.13. The highest BCUT2D eigenvalue weighted by molar-refractivity contribution is 7.09. The Balaban J connectivity index is 0.00000264. The van der Waals surface area contributed by atoms with Gasteiger partial charge in [0.1, 0.15) is 18.1 Å². The molecular weight excluding hydrogens is 334 g/mol. The van der Waals surface area contributed by atoms with Crippen molar-refractivity contribution in [2.75, 3.05) is 18.5 Å². The number of hydrogen-bond acceptors (Lipinski definition) is 5. The summed E-state index contributed by atoms with van der Waals surface area (Å²) in [6.45, 7) is 5.22. The fourth-order valence-corrected chi connectivity index (χ4v) is 2.85. The zero-order chi connectivity index (χ0) is 15.9. The first-order valence-electron chi connectivity index (χ1n) is 7.27. The van der Waals surface area contributed by atoms with Crippen LogP contribution in [0.4, 0.5) is 5.69 Å². The Morgan fingerprint density at radius 2 is 2.04 bits per heavy atom. The van der Waals surface area contributed by atoms with E-state index in [-0.39, 0.29) is 18.3 Å². The summed E-state index contributed by atoms with van der Waals surface area (Å²) in [4.78, 5) is 16.5. The number of amides is 1. The van der Waals surface area contributed by atoms with Crippen molar-refractivity contribution in [3.63, 3.8) is 0 Å². The normalized spacial score (nSPS) is 10.3. The van der Waals surface area contributed by atoms with Crippen LogP contribution in [0.2, 0.25) is 0 Å². The summed E-state index contributed by atoms with van der Waals surface area (Å²) in [6, 6.07) is 7.20. The van der Waals surface area contributed by atoms with Gasteiger partial charge in [-0.2, -0.15) is 0 Å². The molecule has 0 aliphatic heterocycles. The molecule has 0 unspecified atom stereocenters. The van der Waals surface area contributed by atoms with Crippen molar-refractivity contribution in [2.24, 2.45) is 11.7 Å². The summed E-state index contributed by atoms with van der Waals surface area (Å²) in [5.41, 5.74) is 6.55. The van der Waals surface area contributed by atoms with Gasteiger partial charge in [-0.25, -0.2) is 4.98 Å². The minimum Gasteiger partial charge on any atom is -0.492 e. The highest BCUT2D eigenvalue weighted by Gasteiger charge is 2.11. The summed E-state index contributed by atoms with van der Waals surface area (Å²) in [6.07, 6.45) is 0.894. The first-order valence-corrected chi connectivity index (χ1v) is 8.15. The number of carbonyl (C=O) groups is 1. The lowest BCUT2D eigenvalue weighted by atomic mass is 10.1. The number of nitrogens with one attached hydrogen (secondary N) is 1. The highest BCUT2D eigenvalue weighted by atomic mass is 35.5. The number of nitrogens with two attached hydrogens (primary N) is 1. The van der Waals surface area contributed by atoms with Crippen LogP contribution in [0.3, 0.4) is 0 Å². The van der Waals surface area contributed by atoms with Gasteiger partial charge in [0, 0.05) is 24.0 Å². The van der Waals surface area contributed by atoms with E-state index < -0.39 is 0 Å². The van der Waals surface area contributed by atoms with E-state index >= 15 is 0 Å². The van der Waals surface area contributed by atoms with Crippen LogP contribution in [0.5, 0.6) is 5.75 Å². The molecule has 0 aliphatic carbocycles. The molecule has 0 fully saturated rings. The molecule has 0 aliphatic rings. The van der Waals surface area contributed by atoms with E-state index in [1.807, 2.05) is 0 Å². The first-order chi connectivity index (χ1) is 10.6. The van der Waals surface area contributed by atoms with Crippen LogP contribution in [0.25, 0.3) is 0 Å². The Bertz CT molecular complexity index is 614. The number of rotatable bonds is 7. The van der Waals surface area contributed by atoms with Crippen molar-refractivity contribution in [1.82, 2.24) is 4.98 Å². The van der Waals surface area contributed by atoms with Crippen LogP contribution >= 0.6 is 23.7 Å². The van der Waals surface area contributed by atoms with Crippen molar-refractivity contribution in [2.45, 2.75) is 20.3 Å². The second-order valence-corrected chi connectivity index (χ2v) is 6.28. The lowest BCUT2D eigenvalue weighted by molar-refractivity contribution is 0.102. The molecule has 3 N–H and O–H groups in total. The second kappa shape index (κ2) is 9.50. The minimum atomic E-state index is -0.193. The van der Waals surface area contributed by atoms with Crippen LogP contribution in [-0.4, -0.2) is 24.0 Å². The first kappa shape index (κ1) is 19.4. The van der Waals surface area contributed by atoms with Crippen molar-refractivity contribution < 1.29 is 9.53 Å². The SMILES string of the molecule is CC(C)Cc1nc(C(=O)Nc2ccc(OCCN)cc2)cs1.Cl. The number of nitrogens with zero attached hydrogens (tertiary/aromatic N) is 1. The molecule has 2 rings (SSSR count). The molecule has 1 heterocycles. The molecule has 1 amide bonds. The fourth-order valence-electron chi connectivity index (χ4n) is 1.86. The molecule has 0 saturated carbocycles. The maximum Gasteiger partial charge on any atom is 0.275 e. The van der Waals surface area contributed by atoms with Gasteiger partial charge >= 0.3 is 0 Å². The van der Waals surface area contributed by atoms with Gasteiger partial charge in [0.15, 0.2) is 0 Å². The van der Waals surface area contributed by atoms with Crippen molar-refractivity contribution in [3.05, 3.63) is 40.3 Å². The van der Waals surface area contributed by atoms with Crippen molar-refractivity contribution in [1.29, 1.82) is 0 Å². The van der Waals surface area contributed by atoms with Crippen LogP contribution in [-0.2, 0) is 6.42 Å². The van der Waals surface area contributed by atoms with E-state index in [9.17, 15) is 4.79 Å². The molecular formula is C16H22ClN3O2S. The monoisotopic (exact) mass is 355 g/mol. The third-order valence-electron chi connectivity index (χ3n) is 2.87. The number of carbonyl (C=O) groups excluding carboxylic acids is 1. The average Bonchev–Trinajstić information content (AvgIpc) is 2.94. The molecule has 2 aromatic rings. The van der Waals surface area contributed by atoms with Gasteiger partial charge < -0.3 is 15.8 Å². The lowest BCUT2D eigenvalue weighted by Gasteiger charge is -2.06. The molecule has 1 aromatic carbocycles. The minimum absolute atomic E-state index is 0. The predicted octanol–water partition coefficient (Wildman–Crippen LogP) is 3.35. The molecule has 0 radical (unpaired) electrons.